The monoisotopic (exact) mass is 333 g/mol. The van der Waals surface area contributed by atoms with E-state index >= 15 is 0 Å². The zero-order valence-corrected chi connectivity index (χ0v) is 12.8. The van der Waals surface area contributed by atoms with Crippen LogP contribution in [0.1, 0.15) is 15.9 Å². The maximum Gasteiger partial charge on any atom is 0.251 e. The predicted octanol–water partition coefficient (Wildman–Crippen LogP) is 3.43. The molecule has 0 bridgehead atoms. The van der Waals surface area contributed by atoms with Crippen LogP contribution in [-0.2, 0) is 6.42 Å². The van der Waals surface area contributed by atoms with Crippen LogP contribution in [0.5, 0.6) is 5.75 Å². The topological polar surface area (TPSA) is 38.3 Å². The third-order valence-corrected chi connectivity index (χ3v) is 3.46. The molecule has 0 fully saturated rings. The summed E-state index contributed by atoms with van der Waals surface area (Å²) < 4.78 is 6.30. The second-order valence-electron chi connectivity index (χ2n) is 4.33. The van der Waals surface area contributed by atoms with Gasteiger partial charge in [0.2, 0.25) is 0 Å². The Morgan fingerprint density at radius 1 is 1.20 bits per heavy atom. The summed E-state index contributed by atoms with van der Waals surface area (Å²) in [6.45, 7) is 0.575. The highest BCUT2D eigenvalue weighted by Gasteiger charge is 2.06. The van der Waals surface area contributed by atoms with Gasteiger partial charge in [0.15, 0.2) is 0 Å². The number of benzene rings is 2. The largest absolute Gasteiger partial charge is 0.496 e. The molecule has 2 aromatic carbocycles. The highest BCUT2D eigenvalue weighted by molar-refractivity contribution is 9.10. The van der Waals surface area contributed by atoms with Crippen LogP contribution in [0.3, 0.4) is 0 Å². The highest BCUT2D eigenvalue weighted by Crippen LogP contribution is 2.23. The fourth-order valence-corrected chi connectivity index (χ4v) is 2.27. The van der Waals surface area contributed by atoms with Crippen LogP contribution >= 0.6 is 15.9 Å². The zero-order valence-electron chi connectivity index (χ0n) is 11.2. The van der Waals surface area contributed by atoms with Gasteiger partial charge in [-0.3, -0.25) is 4.79 Å². The minimum atomic E-state index is -0.0540. The van der Waals surface area contributed by atoms with Gasteiger partial charge in [-0.1, -0.05) is 40.2 Å². The first-order chi connectivity index (χ1) is 9.70. The van der Waals surface area contributed by atoms with Crippen molar-refractivity contribution in [2.24, 2.45) is 0 Å². The van der Waals surface area contributed by atoms with Crippen LogP contribution in [0.25, 0.3) is 0 Å². The second kappa shape index (κ2) is 7.10. The standard InChI is InChI=1S/C16H16BrNO2/c1-20-15-11-14(17)8-7-12(15)9-10-18-16(19)13-5-3-2-4-6-13/h2-8,11H,9-10H2,1H3,(H,18,19). The lowest BCUT2D eigenvalue weighted by Gasteiger charge is -2.10. The number of carbonyl (C=O) groups is 1. The number of carbonyl (C=O) groups excluding carboxylic acids is 1. The summed E-state index contributed by atoms with van der Waals surface area (Å²) in [6.07, 6.45) is 0.731. The van der Waals surface area contributed by atoms with Crippen molar-refractivity contribution in [3.8, 4) is 5.75 Å². The summed E-state index contributed by atoms with van der Waals surface area (Å²) in [5.41, 5.74) is 1.75. The van der Waals surface area contributed by atoms with Crippen molar-refractivity contribution in [2.75, 3.05) is 13.7 Å². The van der Waals surface area contributed by atoms with E-state index in [-0.39, 0.29) is 5.91 Å². The van der Waals surface area contributed by atoms with E-state index in [4.69, 9.17) is 4.74 Å². The average molecular weight is 334 g/mol. The lowest BCUT2D eigenvalue weighted by molar-refractivity contribution is 0.0954. The Kier molecular flexibility index (Phi) is 5.18. The maximum atomic E-state index is 11.9. The lowest BCUT2D eigenvalue weighted by atomic mass is 10.1. The van der Waals surface area contributed by atoms with Gasteiger partial charge in [0, 0.05) is 16.6 Å². The first-order valence-corrected chi connectivity index (χ1v) is 7.15. The SMILES string of the molecule is COc1cc(Br)ccc1CCNC(=O)c1ccccc1. The van der Waals surface area contributed by atoms with E-state index in [1.807, 2.05) is 36.4 Å². The van der Waals surface area contributed by atoms with Gasteiger partial charge in [-0.15, -0.1) is 0 Å². The molecule has 0 saturated carbocycles. The van der Waals surface area contributed by atoms with Crippen molar-refractivity contribution in [1.82, 2.24) is 5.32 Å². The van der Waals surface area contributed by atoms with Crippen molar-refractivity contribution < 1.29 is 9.53 Å². The summed E-state index contributed by atoms with van der Waals surface area (Å²) in [6, 6.07) is 15.1. The van der Waals surface area contributed by atoms with Crippen LogP contribution < -0.4 is 10.1 Å². The molecule has 1 N–H and O–H groups in total. The highest BCUT2D eigenvalue weighted by atomic mass is 79.9. The minimum Gasteiger partial charge on any atom is -0.496 e. The van der Waals surface area contributed by atoms with E-state index in [1.54, 1.807) is 19.2 Å². The van der Waals surface area contributed by atoms with E-state index in [0.717, 1.165) is 22.2 Å². The third kappa shape index (κ3) is 3.84. The van der Waals surface area contributed by atoms with Crippen molar-refractivity contribution in [2.45, 2.75) is 6.42 Å². The smallest absolute Gasteiger partial charge is 0.251 e. The third-order valence-electron chi connectivity index (χ3n) is 2.96. The molecule has 1 amide bonds. The molecule has 4 heteroatoms. The van der Waals surface area contributed by atoms with Crippen molar-refractivity contribution in [1.29, 1.82) is 0 Å². The molecule has 0 spiro atoms. The minimum absolute atomic E-state index is 0.0540. The van der Waals surface area contributed by atoms with E-state index in [2.05, 4.69) is 21.2 Å². The quantitative estimate of drug-likeness (QED) is 0.910. The number of rotatable bonds is 5. The molecule has 0 saturated heterocycles. The molecular formula is C16H16BrNO2. The maximum absolute atomic E-state index is 11.9. The van der Waals surface area contributed by atoms with Crippen LogP contribution in [0.2, 0.25) is 0 Å². The first-order valence-electron chi connectivity index (χ1n) is 6.36. The van der Waals surface area contributed by atoms with Gasteiger partial charge in [-0.25, -0.2) is 0 Å². The van der Waals surface area contributed by atoms with Gasteiger partial charge >= 0.3 is 0 Å². The van der Waals surface area contributed by atoms with Gasteiger partial charge < -0.3 is 10.1 Å². The van der Waals surface area contributed by atoms with Crippen molar-refractivity contribution in [3.63, 3.8) is 0 Å². The molecule has 104 valence electrons. The van der Waals surface area contributed by atoms with Crippen LogP contribution in [0, 0.1) is 0 Å². The van der Waals surface area contributed by atoms with Gasteiger partial charge in [-0.05, 0) is 36.2 Å². The molecule has 0 aliphatic carbocycles. The molecule has 0 atom stereocenters. The number of halogens is 1. The fraction of sp³-hybridized carbons (Fsp3) is 0.188. The van der Waals surface area contributed by atoms with Gasteiger partial charge in [0.05, 0.1) is 7.11 Å². The van der Waals surface area contributed by atoms with E-state index < -0.39 is 0 Å². The Balaban J connectivity index is 1.92. The summed E-state index contributed by atoms with van der Waals surface area (Å²) in [5, 5.41) is 2.91. The first kappa shape index (κ1) is 14.6. The predicted molar refractivity (Wildman–Crippen MR) is 83.2 cm³/mol. The van der Waals surface area contributed by atoms with Gasteiger partial charge in [-0.2, -0.15) is 0 Å². The summed E-state index contributed by atoms with van der Waals surface area (Å²) >= 11 is 3.41. The van der Waals surface area contributed by atoms with E-state index in [9.17, 15) is 4.79 Å². The molecule has 0 aliphatic heterocycles. The average Bonchev–Trinajstić information content (AvgIpc) is 2.49. The second-order valence-corrected chi connectivity index (χ2v) is 5.24. The zero-order chi connectivity index (χ0) is 14.4. The molecule has 0 aliphatic rings. The number of ether oxygens (including phenoxy) is 1. The van der Waals surface area contributed by atoms with Crippen LogP contribution in [0.15, 0.2) is 53.0 Å². The summed E-state index contributed by atoms with van der Waals surface area (Å²) in [5.74, 6) is 0.773. The molecule has 0 radical (unpaired) electrons. The number of amides is 1. The number of hydrogen-bond acceptors (Lipinski definition) is 2. The Morgan fingerprint density at radius 2 is 1.95 bits per heavy atom. The van der Waals surface area contributed by atoms with Crippen LogP contribution in [-0.4, -0.2) is 19.6 Å². The molecule has 2 rings (SSSR count). The van der Waals surface area contributed by atoms with Crippen molar-refractivity contribution in [3.05, 3.63) is 64.1 Å². The number of methoxy groups -OCH3 is 1. The Hall–Kier alpha value is -1.81. The molecule has 0 heterocycles. The van der Waals surface area contributed by atoms with E-state index in [1.165, 1.54) is 0 Å². The molecule has 0 aromatic heterocycles. The molecule has 20 heavy (non-hydrogen) atoms. The number of hydrogen-bond donors (Lipinski definition) is 1. The lowest BCUT2D eigenvalue weighted by Crippen LogP contribution is -2.25. The van der Waals surface area contributed by atoms with Crippen molar-refractivity contribution >= 4 is 21.8 Å². The normalized spacial score (nSPS) is 10.1. The Bertz CT molecular complexity index is 584. The molecule has 3 nitrogen and oxygen atoms in total. The summed E-state index contributed by atoms with van der Waals surface area (Å²) in [4.78, 5) is 11.9. The Labute approximate surface area is 127 Å². The van der Waals surface area contributed by atoms with Crippen LogP contribution in [0.4, 0.5) is 0 Å². The molecule has 0 unspecified atom stereocenters. The fourth-order valence-electron chi connectivity index (χ4n) is 1.93. The van der Waals surface area contributed by atoms with E-state index in [0.29, 0.717) is 12.1 Å². The Morgan fingerprint density at radius 3 is 2.65 bits per heavy atom. The van der Waals surface area contributed by atoms with Gasteiger partial charge in [0.25, 0.3) is 5.91 Å². The van der Waals surface area contributed by atoms with Gasteiger partial charge in [0.1, 0.15) is 5.75 Å². The number of nitrogens with one attached hydrogen (secondary N) is 1. The molecular weight excluding hydrogens is 318 g/mol. The summed E-state index contributed by atoms with van der Waals surface area (Å²) in [7, 11) is 1.65. The molecule has 2 aromatic rings.